The van der Waals surface area contributed by atoms with Crippen molar-refractivity contribution in [2.24, 2.45) is 0 Å². The quantitative estimate of drug-likeness (QED) is 0.818. The maximum atomic E-state index is 13.3. The number of urea groups is 1. The molecule has 1 aliphatic rings. The molecule has 1 saturated heterocycles. The van der Waals surface area contributed by atoms with Gasteiger partial charge in [0.05, 0.1) is 11.6 Å². The molecule has 1 aromatic carbocycles. The van der Waals surface area contributed by atoms with E-state index in [4.69, 9.17) is 18.0 Å². The molecule has 1 aliphatic heterocycles. The first-order chi connectivity index (χ1) is 8.61. The first kappa shape index (κ1) is 12.7. The Hall–Kier alpha value is -1.73. The van der Waals surface area contributed by atoms with Gasteiger partial charge in [-0.25, -0.2) is 9.18 Å². The molecule has 5 heteroatoms. The summed E-state index contributed by atoms with van der Waals surface area (Å²) in [5, 5.41) is 2.70. The van der Waals surface area contributed by atoms with E-state index in [9.17, 15) is 9.18 Å². The van der Waals surface area contributed by atoms with Crippen molar-refractivity contribution in [3.8, 4) is 12.3 Å². The van der Waals surface area contributed by atoms with Crippen LogP contribution in [-0.2, 0) is 0 Å². The summed E-state index contributed by atoms with van der Waals surface area (Å²) in [5.41, 5.74) is 0.859. The molecule has 0 aromatic heterocycles. The third-order valence-corrected chi connectivity index (χ3v) is 3.23. The predicted molar refractivity (Wildman–Crippen MR) is 68.0 cm³/mol. The highest BCUT2D eigenvalue weighted by Crippen LogP contribution is 2.29. The van der Waals surface area contributed by atoms with Gasteiger partial charge in [0.15, 0.2) is 0 Å². The van der Waals surface area contributed by atoms with Crippen LogP contribution in [0.2, 0.25) is 5.02 Å². The highest BCUT2D eigenvalue weighted by molar-refractivity contribution is 6.30. The minimum atomic E-state index is -0.426. The fraction of sp³-hybridized carbons (Fsp3) is 0.308. The largest absolute Gasteiger partial charge is 0.327 e. The summed E-state index contributed by atoms with van der Waals surface area (Å²) >= 11 is 5.61. The van der Waals surface area contributed by atoms with Crippen molar-refractivity contribution in [3.05, 3.63) is 34.6 Å². The fourth-order valence-corrected chi connectivity index (χ4v) is 1.98. The van der Waals surface area contributed by atoms with Crippen LogP contribution in [0.3, 0.4) is 0 Å². The molecular formula is C13H12ClFN2O. The molecule has 0 radical (unpaired) electrons. The zero-order chi connectivity index (χ0) is 13.1. The van der Waals surface area contributed by atoms with Gasteiger partial charge < -0.3 is 10.2 Å². The molecule has 0 spiro atoms. The highest BCUT2D eigenvalue weighted by atomic mass is 35.5. The molecule has 1 N–H and O–H groups in total. The average molecular weight is 267 g/mol. The smallest absolute Gasteiger partial charge is 0.318 e. The van der Waals surface area contributed by atoms with Crippen LogP contribution in [0, 0.1) is 18.2 Å². The number of likely N-dealkylation sites (tertiary alicyclic amines) is 1. The van der Waals surface area contributed by atoms with Gasteiger partial charge in [-0.05, 0) is 17.7 Å². The van der Waals surface area contributed by atoms with Crippen molar-refractivity contribution in [2.75, 3.05) is 19.6 Å². The van der Waals surface area contributed by atoms with Crippen molar-refractivity contribution in [1.82, 2.24) is 10.2 Å². The van der Waals surface area contributed by atoms with E-state index >= 15 is 0 Å². The van der Waals surface area contributed by atoms with Gasteiger partial charge in [0.25, 0.3) is 0 Å². The van der Waals surface area contributed by atoms with Crippen LogP contribution in [0.25, 0.3) is 0 Å². The van der Waals surface area contributed by atoms with Gasteiger partial charge in [-0.2, -0.15) is 0 Å². The maximum absolute atomic E-state index is 13.3. The van der Waals surface area contributed by atoms with Crippen LogP contribution in [0.1, 0.15) is 11.5 Å². The van der Waals surface area contributed by atoms with E-state index < -0.39 is 5.82 Å². The van der Waals surface area contributed by atoms with Crippen LogP contribution < -0.4 is 5.32 Å². The van der Waals surface area contributed by atoms with E-state index in [2.05, 4.69) is 11.2 Å². The van der Waals surface area contributed by atoms with E-state index in [0.717, 1.165) is 5.56 Å². The van der Waals surface area contributed by atoms with Crippen LogP contribution in [-0.4, -0.2) is 30.6 Å². The Morgan fingerprint density at radius 2 is 2.33 bits per heavy atom. The third kappa shape index (κ3) is 2.57. The lowest BCUT2D eigenvalue weighted by molar-refractivity contribution is 0.152. The number of benzene rings is 1. The summed E-state index contributed by atoms with van der Waals surface area (Å²) < 4.78 is 13.3. The zero-order valence-electron chi connectivity index (χ0n) is 9.62. The Morgan fingerprint density at radius 3 is 2.94 bits per heavy atom. The third-order valence-electron chi connectivity index (χ3n) is 2.93. The highest BCUT2D eigenvalue weighted by Gasteiger charge is 2.31. The molecule has 1 fully saturated rings. The number of rotatable bonds is 2. The van der Waals surface area contributed by atoms with Gasteiger partial charge in [-0.15, -0.1) is 6.42 Å². The molecule has 3 nitrogen and oxygen atoms in total. The molecule has 1 heterocycles. The van der Waals surface area contributed by atoms with Crippen molar-refractivity contribution in [2.45, 2.75) is 5.92 Å². The number of halogens is 2. The summed E-state index contributed by atoms with van der Waals surface area (Å²) in [6, 6.07) is 4.56. The number of terminal acetylenes is 1. The summed E-state index contributed by atoms with van der Waals surface area (Å²) in [5.74, 6) is 2.07. The number of carbonyl (C=O) groups is 1. The lowest BCUT2D eigenvalue weighted by Crippen LogP contribution is -2.52. The topological polar surface area (TPSA) is 32.3 Å². The molecule has 0 saturated carbocycles. The lowest BCUT2D eigenvalue weighted by Gasteiger charge is -2.39. The minimum absolute atomic E-state index is 0.113. The van der Waals surface area contributed by atoms with Crippen molar-refractivity contribution in [1.29, 1.82) is 0 Å². The van der Waals surface area contributed by atoms with Crippen molar-refractivity contribution >= 4 is 17.6 Å². The average Bonchev–Trinajstić information content (AvgIpc) is 2.29. The first-order valence-electron chi connectivity index (χ1n) is 5.53. The molecule has 0 unspecified atom stereocenters. The first-order valence-corrected chi connectivity index (χ1v) is 5.91. The second kappa shape index (κ2) is 5.28. The summed E-state index contributed by atoms with van der Waals surface area (Å²) in [6.07, 6.45) is 5.05. The molecule has 0 atom stereocenters. The molecule has 2 amide bonds. The SMILES string of the molecule is C#CCNC(=O)N1CC(c2ccc(Cl)c(F)c2)C1. The van der Waals surface area contributed by atoms with Crippen LogP contribution in [0.4, 0.5) is 9.18 Å². The number of amides is 2. The summed E-state index contributed by atoms with van der Waals surface area (Å²) in [4.78, 5) is 13.1. The molecule has 94 valence electrons. The van der Waals surface area contributed by atoms with Crippen LogP contribution >= 0.6 is 11.6 Å². The van der Waals surface area contributed by atoms with Crippen LogP contribution in [0.15, 0.2) is 18.2 Å². The van der Waals surface area contributed by atoms with Crippen LogP contribution in [0.5, 0.6) is 0 Å². The van der Waals surface area contributed by atoms with Gasteiger partial charge in [-0.1, -0.05) is 23.6 Å². The fourth-order valence-electron chi connectivity index (χ4n) is 1.86. The normalized spacial score (nSPS) is 14.8. The summed E-state index contributed by atoms with van der Waals surface area (Å²) in [6.45, 7) is 1.35. The van der Waals surface area contributed by atoms with Gasteiger partial charge in [0.2, 0.25) is 0 Å². The van der Waals surface area contributed by atoms with Gasteiger partial charge in [0, 0.05) is 19.0 Å². The van der Waals surface area contributed by atoms with Crippen molar-refractivity contribution < 1.29 is 9.18 Å². The Morgan fingerprint density at radius 1 is 1.61 bits per heavy atom. The van der Waals surface area contributed by atoms with E-state index in [1.54, 1.807) is 11.0 Å². The molecule has 0 aliphatic carbocycles. The minimum Gasteiger partial charge on any atom is -0.327 e. The van der Waals surface area contributed by atoms with Gasteiger partial charge in [0.1, 0.15) is 5.82 Å². The van der Waals surface area contributed by atoms with Gasteiger partial charge >= 0.3 is 6.03 Å². The Balaban J connectivity index is 1.91. The Kier molecular flexibility index (Phi) is 3.73. The van der Waals surface area contributed by atoms with E-state index in [1.165, 1.54) is 12.1 Å². The molecule has 2 rings (SSSR count). The number of hydrogen-bond donors (Lipinski definition) is 1. The van der Waals surface area contributed by atoms with Gasteiger partial charge in [-0.3, -0.25) is 0 Å². The zero-order valence-corrected chi connectivity index (χ0v) is 10.4. The molecule has 0 bridgehead atoms. The number of nitrogens with zero attached hydrogens (tertiary/aromatic N) is 1. The van der Waals surface area contributed by atoms with E-state index in [0.29, 0.717) is 13.1 Å². The Bertz CT molecular complexity index is 506. The monoisotopic (exact) mass is 266 g/mol. The number of nitrogens with one attached hydrogen (secondary N) is 1. The maximum Gasteiger partial charge on any atom is 0.318 e. The predicted octanol–water partition coefficient (Wildman–Crippen LogP) is 2.22. The lowest BCUT2D eigenvalue weighted by atomic mass is 9.92. The molecule has 18 heavy (non-hydrogen) atoms. The number of carbonyl (C=O) groups excluding carboxylic acids is 1. The standard InChI is InChI=1S/C13H12ClFN2O/c1-2-5-16-13(18)17-7-10(8-17)9-3-4-11(14)12(15)6-9/h1,3-4,6,10H,5,7-8H2,(H,16,18). The van der Waals surface area contributed by atoms with E-state index in [-0.39, 0.29) is 23.5 Å². The number of hydrogen-bond acceptors (Lipinski definition) is 1. The second-order valence-corrected chi connectivity index (χ2v) is 4.55. The molecular weight excluding hydrogens is 255 g/mol. The second-order valence-electron chi connectivity index (χ2n) is 4.14. The van der Waals surface area contributed by atoms with E-state index in [1.807, 2.05) is 0 Å². The molecule has 1 aromatic rings. The summed E-state index contributed by atoms with van der Waals surface area (Å²) in [7, 11) is 0. The van der Waals surface area contributed by atoms with Crippen molar-refractivity contribution in [3.63, 3.8) is 0 Å². The Labute approximate surface area is 110 Å².